The SMILES string of the molecule is O=C1c2cccc(N=Nc3c(O)n(C4CCCCC4)c(=O)n(C4CCCCC4)c3=O)c2C(=O)N1C(c1ccccc1)c1ccccc1. The van der Waals surface area contributed by atoms with Gasteiger partial charge in [-0.3, -0.25) is 28.4 Å². The zero-order valence-electron chi connectivity index (χ0n) is 26.1. The minimum Gasteiger partial charge on any atom is -0.493 e. The van der Waals surface area contributed by atoms with Crippen LogP contribution in [-0.4, -0.2) is 31.0 Å². The first-order valence-electron chi connectivity index (χ1n) is 16.6. The molecule has 4 aromatic rings. The van der Waals surface area contributed by atoms with Gasteiger partial charge in [0.2, 0.25) is 11.6 Å². The number of rotatable bonds is 7. The van der Waals surface area contributed by atoms with Crippen LogP contribution in [0.1, 0.15) is 114 Å². The third kappa shape index (κ3) is 5.51. The lowest BCUT2D eigenvalue weighted by molar-refractivity contribution is 0.0609. The van der Waals surface area contributed by atoms with Crippen LogP contribution in [0.4, 0.5) is 11.4 Å². The summed E-state index contributed by atoms with van der Waals surface area (Å²) in [4.78, 5) is 57.0. The molecule has 0 radical (unpaired) electrons. The van der Waals surface area contributed by atoms with Gasteiger partial charge >= 0.3 is 5.69 Å². The Morgan fingerprint density at radius 2 is 1.17 bits per heavy atom. The summed E-state index contributed by atoms with van der Waals surface area (Å²) in [5.74, 6) is -1.51. The highest BCUT2D eigenvalue weighted by molar-refractivity contribution is 6.23. The Morgan fingerprint density at radius 3 is 1.74 bits per heavy atom. The summed E-state index contributed by atoms with van der Waals surface area (Å²) < 4.78 is 2.59. The molecule has 10 nitrogen and oxygen atoms in total. The number of hydrogen-bond donors (Lipinski definition) is 1. The van der Waals surface area contributed by atoms with E-state index in [9.17, 15) is 24.3 Å². The third-order valence-electron chi connectivity index (χ3n) is 9.82. The van der Waals surface area contributed by atoms with Crippen molar-refractivity contribution in [2.24, 2.45) is 10.2 Å². The number of nitrogens with zero attached hydrogens (tertiary/aromatic N) is 5. The van der Waals surface area contributed by atoms with Gasteiger partial charge in [-0.05, 0) is 48.9 Å². The number of fused-ring (bicyclic) bond motifs is 1. The molecule has 2 aliphatic carbocycles. The van der Waals surface area contributed by atoms with Crippen molar-refractivity contribution in [1.29, 1.82) is 0 Å². The van der Waals surface area contributed by atoms with E-state index in [2.05, 4.69) is 10.2 Å². The lowest BCUT2D eigenvalue weighted by Gasteiger charge is -2.28. The average molecular weight is 632 g/mol. The molecule has 10 heteroatoms. The number of amides is 2. The van der Waals surface area contributed by atoms with E-state index in [1.165, 1.54) is 14.0 Å². The van der Waals surface area contributed by atoms with Crippen LogP contribution >= 0.6 is 0 Å². The van der Waals surface area contributed by atoms with Gasteiger partial charge < -0.3 is 5.11 Å². The molecule has 47 heavy (non-hydrogen) atoms. The summed E-state index contributed by atoms with van der Waals surface area (Å²) in [6.45, 7) is 0. The van der Waals surface area contributed by atoms with Crippen LogP contribution < -0.4 is 11.2 Å². The normalized spacial score (nSPS) is 17.6. The first kappa shape index (κ1) is 30.5. The van der Waals surface area contributed by atoms with Gasteiger partial charge in [0.05, 0.1) is 22.9 Å². The number of imide groups is 1. The quantitative estimate of drug-likeness (QED) is 0.167. The molecule has 0 saturated heterocycles. The van der Waals surface area contributed by atoms with Gasteiger partial charge in [-0.25, -0.2) is 4.79 Å². The van der Waals surface area contributed by atoms with Gasteiger partial charge in [0.15, 0.2) is 0 Å². The number of azo groups is 1. The Kier molecular flexibility index (Phi) is 8.41. The summed E-state index contributed by atoms with van der Waals surface area (Å²) in [5, 5.41) is 20.0. The Balaban J connectivity index is 1.32. The van der Waals surface area contributed by atoms with Crippen LogP contribution in [0.2, 0.25) is 0 Å². The maximum absolute atomic E-state index is 14.2. The lowest BCUT2D eigenvalue weighted by Crippen LogP contribution is -2.43. The highest BCUT2D eigenvalue weighted by Crippen LogP contribution is 2.40. The zero-order chi connectivity index (χ0) is 32.5. The molecule has 1 aromatic heterocycles. The highest BCUT2D eigenvalue weighted by atomic mass is 16.3. The van der Waals surface area contributed by atoms with Gasteiger partial charge in [0.1, 0.15) is 0 Å². The van der Waals surface area contributed by atoms with Crippen LogP contribution in [0.15, 0.2) is 98.7 Å². The van der Waals surface area contributed by atoms with Crippen LogP contribution in [0, 0.1) is 0 Å². The van der Waals surface area contributed by atoms with Crippen molar-refractivity contribution in [3.05, 3.63) is 122 Å². The summed E-state index contributed by atoms with van der Waals surface area (Å²) >= 11 is 0. The lowest BCUT2D eigenvalue weighted by atomic mass is 9.94. The van der Waals surface area contributed by atoms with Crippen LogP contribution in [0.5, 0.6) is 5.88 Å². The molecular weight excluding hydrogens is 594 g/mol. The van der Waals surface area contributed by atoms with E-state index in [-0.39, 0.29) is 34.6 Å². The second kappa shape index (κ2) is 12.9. The second-order valence-corrected chi connectivity index (χ2v) is 12.7. The van der Waals surface area contributed by atoms with E-state index in [0.717, 1.165) is 62.5 Å². The van der Waals surface area contributed by atoms with Gasteiger partial charge in [-0.15, -0.1) is 10.2 Å². The molecule has 3 aliphatic rings. The number of carbonyl (C=O) groups excluding carboxylic acids is 2. The molecule has 3 aromatic carbocycles. The smallest absolute Gasteiger partial charge is 0.334 e. The fourth-order valence-electron chi connectivity index (χ4n) is 7.50. The number of hydrogen-bond acceptors (Lipinski definition) is 7. The van der Waals surface area contributed by atoms with Crippen LogP contribution in [0.3, 0.4) is 0 Å². The van der Waals surface area contributed by atoms with Gasteiger partial charge in [-0.1, -0.05) is 105 Å². The minimum atomic E-state index is -0.694. The van der Waals surface area contributed by atoms with Gasteiger partial charge in [0, 0.05) is 12.1 Å². The Morgan fingerprint density at radius 1 is 0.617 bits per heavy atom. The van der Waals surface area contributed by atoms with E-state index < -0.39 is 35.0 Å². The van der Waals surface area contributed by atoms with Crippen molar-refractivity contribution < 1.29 is 14.7 Å². The van der Waals surface area contributed by atoms with Crippen LogP contribution in [0.25, 0.3) is 0 Å². The largest absolute Gasteiger partial charge is 0.493 e. The van der Waals surface area contributed by atoms with E-state index in [4.69, 9.17) is 0 Å². The third-order valence-corrected chi connectivity index (χ3v) is 9.82. The number of carbonyl (C=O) groups is 2. The topological polar surface area (TPSA) is 126 Å². The maximum atomic E-state index is 14.2. The minimum absolute atomic E-state index is 0.0748. The molecule has 2 heterocycles. The van der Waals surface area contributed by atoms with E-state index in [1.54, 1.807) is 18.2 Å². The van der Waals surface area contributed by atoms with Crippen molar-refractivity contribution in [1.82, 2.24) is 14.0 Å². The molecule has 2 saturated carbocycles. The second-order valence-electron chi connectivity index (χ2n) is 12.7. The summed E-state index contributed by atoms with van der Waals surface area (Å²) in [7, 11) is 0. The highest BCUT2D eigenvalue weighted by Gasteiger charge is 2.43. The van der Waals surface area contributed by atoms with Crippen molar-refractivity contribution in [3.8, 4) is 5.88 Å². The summed E-state index contributed by atoms with van der Waals surface area (Å²) in [6.07, 6.45) is 8.60. The molecule has 0 spiro atoms. The molecule has 0 bridgehead atoms. The van der Waals surface area contributed by atoms with Crippen LogP contribution in [-0.2, 0) is 0 Å². The number of aromatic hydroxyl groups is 1. The number of benzene rings is 3. The fraction of sp³-hybridized carbons (Fsp3) is 0.351. The van der Waals surface area contributed by atoms with Crippen molar-refractivity contribution in [2.75, 3.05) is 0 Å². The molecular formula is C37H37N5O5. The Hall–Kier alpha value is -5.12. The molecule has 7 rings (SSSR count). The summed E-state index contributed by atoms with van der Waals surface area (Å²) in [6, 6.07) is 22.3. The molecule has 2 amide bonds. The molecule has 0 unspecified atom stereocenters. The average Bonchev–Trinajstić information content (AvgIpc) is 3.36. The van der Waals surface area contributed by atoms with E-state index >= 15 is 0 Å². The molecule has 0 atom stereocenters. The fourth-order valence-corrected chi connectivity index (χ4v) is 7.50. The maximum Gasteiger partial charge on any atom is 0.334 e. The standard InChI is InChI=1S/C37H37N5O5/c43-33-28-22-13-23-29(30(28)34(44)42(33)32(24-14-5-1-6-15-24)25-16-7-2-8-17-25)38-39-31-35(45)40(26-18-9-3-10-19-26)37(47)41(36(31)46)27-20-11-4-12-21-27/h1-2,5-8,13-17,22-23,26-27,32,45H,3-4,9-12,18-21H2. The van der Waals surface area contributed by atoms with Crippen molar-refractivity contribution in [3.63, 3.8) is 0 Å². The molecule has 240 valence electrons. The predicted octanol–water partition coefficient (Wildman–Crippen LogP) is 7.53. The van der Waals surface area contributed by atoms with E-state index in [1.807, 2.05) is 60.7 Å². The molecule has 1 aliphatic heterocycles. The Labute approximate surface area is 272 Å². The zero-order valence-corrected chi connectivity index (χ0v) is 26.1. The summed E-state index contributed by atoms with van der Waals surface area (Å²) in [5.41, 5.74) is 0.365. The first-order valence-corrected chi connectivity index (χ1v) is 16.6. The van der Waals surface area contributed by atoms with Gasteiger partial charge in [-0.2, -0.15) is 0 Å². The van der Waals surface area contributed by atoms with E-state index in [0.29, 0.717) is 12.8 Å². The predicted molar refractivity (Wildman–Crippen MR) is 177 cm³/mol. The number of aromatic nitrogens is 2. The molecule has 1 N–H and O–H groups in total. The first-order chi connectivity index (χ1) is 23.0. The molecule has 2 fully saturated rings. The van der Waals surface area contributed by atoms with Crippen molar-refractivity contribution in [2.45, 2.75) is 82.3 Å². The monoisotopic (exact) mass is 631 g/mol. The van der Waals surface area contributed by atoms with Crippen molar-refractivity contribution >= 4 is 23.2 Å². The Bertz CT molecular complexity index is 1920. The van der Waals surface area contributed by atoms with Gasteiger partial charge in [0.25, 0.3) is 17.4 Å².